The summed E-state index contributed by atoms with van der Waals surface area (Å²) in [6, 6.07) is 5.21. The molecule has 94 valence electrons. The number of nitrogens with zero attached hydrogens (tertiary/aromatic N) is 1. The Kier molecular flexibility index (Phi) is 5.16. The highest BCUT2D eigenvalue weighted by atomic mass is 19.1. The van der Waals surface area contributed by atoms with E-state index in [1.807, 2.05) is 26.1 Å². The molecule has 0 fully saturated rings. The van der Waals surface area contributed by atoms with E-state index in [-0.39, 0.29) is 11.9 Å². The van der Waals surface area contributed by atoms with Gasteiger partial charge >= 0.3 is 0 Å². The van der Waals surface area contributed by atoms with Crippen molar-refractivity contribution in [2.24, 2.45) is 0 Å². The van der Waals surface area contributed by atoms with Crippen molar-refractivity contribution < 1.29 is 4.39 Å². The molecule has 17 heavy (non-hydrogen) atoms. The van der Waals surface area contributed by atoms with Crippen LogP contribution in [0.3, 0.4) is 0 Å². The Morgan fingerprint density at radius 2 is 2.24 bits per heavy atom. The van der Waals surface area contributed by atoms with Gasteiger partial charge in [0, 0.05) is 30.4 Å². The maximum absolute atomic E-state index is 13.9. The lowest BCUT2D eigenvalue weighted by atomic mass is 10.0. The molecular formula is C14H21FN2. The fourth-order valence-electron chi connectivity index (χ4n) is 1.93. The first-order chi connectivity index (χ1) is 8.15. The second kappa shape index (κ2) is 6.40. The molecule has 2 nitrogen and oxygen atoms in total. The molecule has 0 saturated carbocycles. The van der Waals surface area contributed by atoms with Gasteiger partial charge in [-0.15, -0.1) is 6.58 Å². The van der Waals surface area contributed by atoms with Gasteiger partial charge in [-0.05, 0) is 33.0 Å². The first-order valence-electron chi connectivity index (χ1n) is 5.97. The summed E-state index contributed by atoms with van der Waals surface area (Å²) in [5.74, 6) is -0.160. The molecule has 1 aromatic rings. The van der Waals surface area contributed by atoms with E-state index in [0.717, 1.165) is 24.3 Å². The van der Waals surface area contributed by atoms with Crippen LogP contribution in [0.15, 0.2) is 30.9 Å². The molecule has 0 aliphatic heterocycles. The molecule has 0 amide bonds. The van der Waals surface area contributed by atoms with Crippen molar-refractivity contribution >= 4 is 5.69 Å². The van der Waals surface area contributed by atoms with Gasteiger partial charge in [-0.25, -0.2) is 4.39 Å². The van der Waals surface area contributed by atoms with Crippen LogP contribution >= 0.6 is 0 Å². The third-order valence-electron chi connectivity index (χ3n) is 2.97. The first kappa shape index (κ1) is 13.7. The Balaban J connectivity index is 3.21. The molecule has 0 spiro atoms. The number of hydrogen-bond donors (Lipinski definition) is 1. The van der Waals surface area contributed by atoms with Crippen LogP contribution in [0.25, 0.3) is 0 Å². The molecule has 1 atom stereocenters. The normalized spacial score (nSPS) is 12.2. The molecule has 1 rings (SSSR count). The lowest BCUT2D eigenvalue weighted by molar-refractivity contribution is 0.560. The van der Waals surface area contributed by atoms with Crippen LogP contribution in [0.2, 0.25) is 0 Å². The smallest absolute Gasteiger partial charge is 0.130 e. The van der Waals surface area contributed by atoms with Gasteiger partial charge in [0.1, 0.15) is 5.82 Å². The number of rotatable bonds is 6. The fourth-order valence-corrected chi connectivity index (χ4v) is 1.93. The summed E-state index contributed by atoms with van der Waals surface area (Å²) in [6.07, 6.45) is 1.84. The van der Waals surface area contributed by atoms with Crippen LogP contribution in [0.5, 0.6) is 0 Å². The van der Waals surface area contributed by atoms with Crippen molar-refractivity contribution in [2.45, 2.75) is 19.9 Å². The number of hydrogen-bond acceptors (Lipinski definition) is 2. The largest absolute Gasteiger partial charge is 0.368 e. The average molecular weight is 236 g/mol. The van der Waals surface area contributed by atoms with Crippen LogP contribution in [0.1, 0.15) is 25.5 Å². The first-order valence-corrected chi connectivity index (χ1v) is 5.97. The third-order valence-corrected chi connectivity index (χ3v) is 2.97. The molecule has 1 aromatic carbocycles. The summed E-state index contributed by atoms with van der Waals surface area (Å²) in [5, 5.41) is 3.09. The molecule has 0 aliphatic rings. The third kappa shape index (κ3) is 3.07. The quantitative estimate of drug-likeness (QED) is 0.763. The second-order valence-electron chi connectivity index (χ2n) is 4.01. The van der Waals surface area contributed by atoms with Crippen molar-refractivity contribution in [3.8, 4) is 0 Å². The highest BCUT2D eigenvalue weighted by molar-refractivity contribution is 5.56. The van der Waals surface area contributed by atoms with E-state index >= 15 is 0 Å². The highest BCUT2D eigenvalue weighted by Gasteiger charge is 2.17. The predicted octanol–water partition coefficient (Wildman–Crippen LogP) is 3.12. The minimum atomic E-state index is -0.160. The fraction of sp³-hybridized carbons (Fsp3) is 0.429. The van der Waals surface area contributed by atoms with Crippen LogP contribution < -0.4 is 10.2 Å². The van der Waals surface area contributed by atoms with E-state index in [2.05, 4.69) is 23.7 Å². The lowest BCUT2D eigenvalue weighted by Gasteiger charge is -2.27. The number of nitrogens with one attached hydrogen (secondary N) is 1. The zero-order chi connectivity index (χ0) is 12.8. The summed E-state index contributed by atoms with van der Waals surface area (Å²) >= 11 is 0. The summed E-state index contributed by atoms with van der Waals surface area (Å²) in [4.78, 5) is 2.11. The Labute approximate surface area is 103 Å². The van der Waals surface area contributed by atoms with E-state index in [4.69, 9.17) is 0 Å². The van der Waals surface area contributed by atoms with E-state index in [0.29, 0.717) is 0 Å². The van der Waals surface area contributed by atoms with Crippen LogP contribution in [0.4, 0.5) is 10.1 Å². The highest BCUT2D eigenvalue weighted by Crippen LogP contribution is 2.28. The van der Waals surface area contributed by atoms with Gasteiger partial charge in [0.25, 0.3) is 0 Å². The zero-order valence-corrected chi connectivity index (χ0v) is 10.8. The van der Waals surface area contributed by atoms with Gasteiger partial charge in [-0.1, -0.05) is 12.1 Å². The molecule has 0 heterocycles. The summed E-state index contributed by atoms with van der Waals surface area (Å²) in [6.45, 7) is 9.32. The lowest BCUT2D eigenvalue weighted by Crippen LogP contribution is -2.26. The summed E-state index contributed by atoms with van der Waals surface area (Å²) < 4.78 is 13.9. The molecule has 0 aliphatic carbocycles. The summed E-state index contributed by atoms with van der Waals surface area (Å²) in [5.41, 5.74) is 1.66. The van der Waals surface area contributed by atoms with Gasteiger partial charge in [0.15, 0.2) is 0 Å². The SMILES string of the molecule is C=CCN(CC)c1cccc(F)c1C(C)NC. The molecule has 1 unspecified atom stereocenters. The van der Waals surface area contributed by atoms with Gasteiger partial charge < -0.3 is 10.2 Å². The Morgan fingerprint density at radius 3 is 2.76 bits per heavy atom. The van der Waals surface area contributed by atoms with Crippen molar-refractivity contribution in [1.82, 2.24) is 5.32 Å². The maximum Gasteiger partial charge on any atom is 0.130 e. The minimum absolute atomic E-state index is 0.00920. The van der Waals surface area contributed by atoms with Gasteiger partial charge in [0.2, 0.25) is 0 Å². The molecule has 1 N–H and O–H groups in total. The van der Waals surface area contributed by atoms with Crippen molar-refractivity contribution in [3.05, 3.63) is 42.2 Å². The van der Waals surface area contributed by atoms with Crippen LogP contribution in [-0.2, 0) is 0 Å². The molecule has 3 heteroatoms. The van der Waals surface area contributed by atoms with E-state index < -0.39 is 0 Å². The molecule has 0 radical (unpaired) electrons. The standard InChI is InChI=1S/C14H21FN2/c1-5-10-17(6-2)13-9-7-8-12(15)14(13)11(3)16-4/h5,7-9,11,16H,1,6,10H2,2-4H3. The topological polar surface area (TPSA) is 15.3 Å². The molecule has 0 saturated heterocycles. The van der Waals surface area contributed by atoms with E-state index in [1.54, 1.807) is 6.07 Å². The number of benzene rings is 1. The molecular weight excluding hydrogens is 215 g/mol. The maximum atomic E-state index is 13.9. The van der Waals surface area contributed by atoms with E-state index in [1.165, 1.54) is 6.07 Å². The second-order valence-corrected chi connectivity index (χ2v) is 4.01. The van der Waals surface area contributed by atoms with Crippen molar-refractivity contribution in [2.75, 3.05) is 25.0 Å². The predicted molar refractivity (Wildman–Crippen MR) is 72.0 cm³/mol. The Morgan fingerprint density at radius 1 is 1.53 bits per heavy atom. The van der Waals surface area contributed by atoms with Crippen molar-refractivity contribution in [1.29, 1.82) is 0 Å². The van der Waals surface area contributed by atoms with Crippen LogP contribution in [-0.4, -0.2) is 20.1 Å². The Hall–Kier alpha value is -1.35. The van der Waals surface area contributed by atoms with Gasteiger partial charge in [-0.2, -0.15) is 0 Å². The molecule has 0 bridgehead atoms. The monoisotopic (exact) mass is 236 g/mol. The average Bonchev–Trinajstić information content (AvgIpc) is 2.34. The van der Waals surface area contributed by atoms with E-state index in [9.17, 15) is 4.39 Å². The Bertz CT molecular complexity index is 376. The summed E-state index contributed by atoms with van der Waals surface area (Å²) in [7, 11) is 1.84. The number of halogens is 1. The number of likely N-dealkylation sites (N-methyl/N-ethyl adjacent to an activating group) is 1. The van der Waals surface area contributed by atoms with Crippen LogP contribution in [0, 0.1) is 5.82 Å². The number of anilines is 1. The van der Waals surface area contributed by atoms with Gasteiger partial charge in [0.05, 0.1) is 0 Å². The van der Waals surface area contributed by atoms with Crippen molar-refractivity contribution in [3.63, 3.8) is 0 Å². The van der Waals surface area contributed by atoms with Gasteiger partial charge in [-0.3, -0.25) is 0 Å². The minimum Gasteiger partial charge on any atom is -0.368 e. The zero-order valence-electron chi connectivity index (χ0n) is 10.8. The molecule has 0 aromatic heterocycles.